The zero-order valence-electron chi connectivity index (χ0n) is 16.4. The molecule has 2 rings (SSSR count). The number of carbonyl (C=O) groups is 3. The van der Waals surface area contributed by atoms with Crippen LogP contribution in [0, 0.1) is 5.82 Å². The van der Waals surface area contributed by atoms with Gasteiger partial charge in [-0.1, -0.05) is 0 Å². The molecule has 29 heavy (non-hydrogen) atoms. The molecule has 2 amide bonds. The fraction of sp³-hybridized carbons (Fsp3) is 0.286. The predicted octanol–water partition coefficient (Wildman–Crippen LogP) is 3.96. The van der Waals surface area contributed by atoms with E-state index in [0.717, 1.165) is 11.8 Å². The van der Waals surface area contributed by atoms with E-state index in [2.05, 4.69) is 0 Å². The maximum absolute atomic E-state index is 12.9. The second-order valence-electron chi connectivity index (χ2n) is 6.12. The molecule has 0 N–H and O–H groups in total. The Balaban J connectivity index is 1.98. The van der Waals surface area contributed by atoms with Gasteiger partial charge in [-0.2, -0.15) is 0 Å². The van der Waals surface area contributed by atoms with Crippen molar-refractivity contribution in [3.05, 3.63) is 54.3 Å². The molecule has 154 valence electrons. The molecule has 1 unspecified atom stereocenters. The summed E-state index contributed by atoms with van der Waals surface area (Å²) in [5.74, 6) is -0.592. The molecule has 0 bridgehead atoms. The summed E-state index contributed by atoms with van der Waals surface area (Å²) >= 11 is 0. The Kier molecular flexibility index (Phi) is 7.70. The number of imide groups is 1. The van der Waals surface area contributed by atoms with Crippen molar-refractivity contribution in [3.63, 3.8) is 0 Å². The van der Waals surface area contributed by atoms with Gasteiger partial charge in [-0.25, -0.2) is 14.1 Å². The largest absolute Gasteiger partial charge is 0.491 e. The van der Waals surface area contributed by atoms with Crippen LogP contribution in [-0.2, 0) is 14.3 Å². The molecule has 0 fully saturated rings. The molecular weight excluding hydrogens is 381 g/mol. The third-order valence-corrected chi connectivity index (χ3v) is 3.79. The summed E-state index contributed by atoms with van der Waals surface area (Å²) in [6.45, 7) is 4.30. The number of Topliss-reactive ketones (excluding diaryl/α,β-unsaturated/α-hetero) is 1. The van der Waals surface area contributed by atoms with E-state index in [1.807, 2.05) is 0 Å². The van der Waals surface area contributed by atoms with E-state index in [1.165, 1.54) is 24.3 Å². The van der Waals surface area contributed by atoms with Crippen LogP contribution in [0.2, 0.25) is 0 Å². The second kappa shape index (κ2) is 10.2. The van der Waals surface area contributed by atoms with Crippen LogP contribution in [0.3, 0.4) is 0 Å². The first-order valence-corrected chi connectivity index (χ1v) is 8.99. The molecule has 7 nitrogen and oxygen atoms in total. The van der Waals surface area contributed by atoms with Gasteiger partial charge in [0.1, 0.15) is 29.7 Å². The minimum Gasteiger partial charge on any atom is -0.491 e. The summed E-state index contributed by atoms with van der Waals surface area (Å²) < 4.78 is 29.0. The maximum Gasteiger partial charge on any atom is 0.417 e. The van der Waals surface area contributed by atoms with E-state index in [1.54, 1.807) is 38.1 Å². The number of rotatable bonds is 8. The number of amides is 2. The molecule has 0 saturated carbocycles. The molecule has 0 aliphatic rings. The molecule has 0 heterocycles. The van der Waals surface area contributed by atoms with E-state index < -0.39 is 23.8 Å². The van der Waals surface area contributed by atoms with Crippen LogP contribution < -0.4 is 9.47 Å². The number of carbonyl (C=O) groups excluding carboxylic acids is 3. The standard InChI is InChI=1S/C21H22FNO6/c1-4-27-21(26)23(20(25)15(3)24)14(2)13-28-17-9-11-19(12-10-17)29-18-7-5-16(22)6-8-18/h5-12,14H,4,13H2,1-3H3. The number of nitrogens with zero attached hydrogens (tertiary/aromatic N) is 1. The van der Waals surface area contributed by atoms with Crippen molar-refractivity contribution < 1.29 is 33.0 Å². The fourth-order valence-corrected chi connectivity index (χ4v) is 2.36. The van der Waals surface area contributed by atoms with Gasteiger partial charge >= 0.3 is 6.09 Å². The zero-order valence-corrected chi connectivity index (χ0v) is 16.4. The molecule has 2 aromatic rings. The van der Waals surface area contributed by atoms with Crippen molar-refractivity contribution in [2.75, 3.05) is 13.2 Å². The molecule has 1 atom stereocenters. The van der Waals surface area contributed by atoms with Crippen molar-refractivity contribution in [3.8, 4) is 17.2 Å². The molecule has 0 aromatic heterocycles. The van der Waals surface area contributed by atoms with Crippen molar-refractivity contribution in [1.29, 1.82) is 0 Å². The number of halogens is 1. The lowest BCUT2D eigenvalue weighted by Crippen LogP contribution is -2.48. The number of benzene rings is 2. The molecule has 0 aliphatic heterocycles. The van der Waals surface area contributed by atoms with Crippen molar-refractivity contribution >= 4 is 17.8 Å². The average molecular weight is 403 g/mol. The highest BCUT2D eigenvalue weighted by molar-refractivity contribution is 6.37. The monoisotopic (exact) mass is 403 g/mol. The van der Waals surface area contributed by atoms with Crippen LogP contribution in [0.4, 0.5) is 9.18 Å². The van der Waals surface area contributed by atoms with Gasteiger partial charge in [0.2, 0.25) is 5.78 Å². The van der Waals surface area contributed by atoms with E-state index in [-0.39, 0.29) is 19.0 Å². The minimum atomic E-state index is -0.956. The Labute approximate surface area is 168 Å². The van der Waals surface area contributed by atoms with Crippen LogP contribution in [0.25, 0.3) is 0 Å². The third kappa shape index (κ3) is 6.31. The van der Waals surface area contributed by atoms with E-state index in [4.69, 9.17) is 14.2 Å². The lowest BCUT2D eigenvalue weighted by molar-refractivity contribution is -0.144. The van der Waals surface area contributed by atoms with Crippen LogP contribution in [0.5, 0.6) is 17.2 Å². The van der Waals surface area contributed by atoms with E-state index in [0.29, 0.717) is 17.2 Å². The SMILES string of the molecule is CCOC(=O)N(C(=O)C(C)=O)C(C)COc1ccc(Oc2ccc(F)cc2)cc1. The second-order valence-corrected chi connectivity index (χ2v) is 6.12. The first kappa shape index (κ1) is 21.9. The number of ketones is 1. The zero-order chi connectivity index (χ0) is 21.4. The van der Waals surface area contributed by atoms with Gasteiger partial charge in [-0.15, -0.1) is 0 Å². The number of ether oxygens (including phenoxy) is 3. The summed E-state index contributed by atoms with van der Waals surface area (Å²) in [5.41, 5.74) is 0. The number of hydrogen-bond donors (Lipinski definition) is 0. The van der Waals surface area contributed by atoms with Gasteiger partial charge in [0.05, 0.1) is 12.6 Å². The van der Waals surface area contributed by atoms with Crippen molar-refractivity contribution in [2.45, 2.75) is 26.8 Å². The first-order valence-electron chi connectivity index (χ1n) is 8.99. The number of hydrogen-bond acceptors (Lipinski definition) is 6. The normalized spacial score (nSPS) is 11.3. The predicted molar refractivity (Wildman–Crippen MR) is 102 cm³/mol. The molecule has 0 radical (unpaired) electrons. The fourth-order valence-electron chi connectivity index (χ4n) is 2.36. The maximum atomic E-state index is 12.9. The van der Waals surface area contributed by atoms with Crippen molar-refractivity contribution in [1.82, 2.24) is 4.90 Å². The van der Waals surface area contributed by atoms with Gasteiger partial charge in [-0.3, -0.25) is 9.59 Å². The molecule has 2 aromatic carbocycles. The van der Waals surface area contributed by atoms with Gasteiger partial charge in [0, 0.05) is 6.92 Å². The van der Waals surface area contributed by atoms with Gasteiger partial charge in [-0.05, 0) is 62.4 Å². The van der Waals surface area contributed by atoms with Crippen LogP contribution in [-0.4, -0.2) is 41.9 Å². The summed E-state index contributed by atoms with van der Waals surface area (Å²) in [6.07, 6.45) is -0.896. The lowest BCUT2D eigenvalue weighted by Gasteiger charge is -2.25. The summed E-state index contributed by atoms with van der Waals surface area (Å²) in [7, 11) is 0. The Morgan fingerprint density at radius 3 is 2.00 bits per heavy atom. The Bertz CT molecular complexity index is 850. The molecule has 8 heteroatoms. The third-order valence-electron chi connectivity index (χ3n) is 3.79. The van der Waals surface area contributed by atoms with Crippen LogP contribution >= 0.6 is 0 Å². The average Bonchev–Trinajstić information content (AvgIpc) is 2.69. The quantitative estimate of drug-likeness (QED) is 0.621. The van der Waals surface area contributed by atoms with Crippen molar-refractivity contribution in [2.24, 2.45) is 0 Å². The summed E-state index contributed by atoms with van der Waals surface area (Å²) in [6, 6.07) is 11.5. The highest BCUT2D eigenvalue weighted by Gasteiger charge is 2.31. The lowest BCUT2D eigenvalue weighted by atomic mass is 10.2. The van der Waals surface area contributed by atoms with Gasteiger partial charge in [0.15, 0.2) is 0 Å². The molecule has 0 spiro atoms. The highest BCUT2D eigenvalue weighted by Crippen LogP contribution is 2.24. The topological polar surface area (TPSA) is 82.1 Å². The van der Waals surface area contributed by atoms with E-state index in [9.17, 15) is 18.8 Å². The van der Waals surface area contributed by atoms with Crippen LogP contribution in [0.1, 0.15) is 20.8 Å². The highest BCUT2D eigenvalue weighted by atomic mass is 19.1. The Hall–Kier alpha value is -3.42. The molecular formula is C21H22FNO6. The summed E-state index contributed by atoms with van der Waals surface area (Å²) in [4.78, 5) is 36.2. The first-order chi connectivity index (χ1) is 13.8. The van der Waals surface area contributed by atoms with Gasteiger partial charge < -0.3 is 14.2 Å². The molecule has 0 saturated heterocycles. The Morgan fingerprint density at radius 1 is 0.966 bits per heavy atom. The minimum absolute atomic E-state index is 0.0317. The van der Waals surface area contributed by atoms with Crippen LogP contribution in [0.15, 0.2) is 48.5 Å². The smallest absolute Gasteiger partial charge is 0.417 e. The van der Waals surface area contributed by atoms with E-state index >= 15 is 0 Å². The van der Waals surface area contributed by atoms with Gasteiger partial charge in [0.25, 0.3) is 5.91 Å². The summed E-state index contributed by atoms with van der Waals surface area (Å²) in [5, 5.41) is 0. The Morgan fingerprint density at radius 2 is 1.48 bits per heavy atom. The molecule has 0 aliphatic carbocycles.